The van der Waals surface area contributed by atoms with E-state index < -0.39 is 20.0 Å². The van der Waals surface area contributed by atoms with E-state index in [2.05, 4.69) is 4.72 Å². The molecule has 21 heavy (non-hydrogen) atoms. The molecule has 0 aromatic heterocycles. The Balaban J connectivity index is 2.28. The van der Waals surface area contributed by atoms with Gasteiger partial charge in [-0.3, -0.25) is 0 Å². The quantitative estimate of drug-likeness (QED) is 0.683. The van der Waals surface area contributed by atoms with Gasteiger partial charge in [-0.1, -0.05) is 12.5 Å². The number of nitrogens with one attached hydrogen (secondary N) is 1. The smallest absolute Gasteiger partial charge is 0.240 e. The zero-order valence-corrected chi connectivity index (χ0v) is 13.0. The van der Waals surface area contributed by atoms with Gasteiger partial charge in [0.15, 0.2) is 0 Å². The van der Waals surface area contributed by atoms with Crippen molar-refractivity contribution < 1.29 is 16.8 Å². The number of nitrogens with two attached hydrogens (primary N) is 2. The van der Waals surface area contributed by atoms with Crippen molar-refractivity contribution in [1.29, 1.82) is 0 Å². The number of hydrogen-bond donors (Lipinski definition) is 3. The number of sulfonamides is 2. The van der Waals surface area contributed by atoms with E-state index in [1.807, 2.05) is 0 Å². The summed E-state index contributed by atoms with van der Waals surface area (Å²) in [4.78, 5) is -0.344. The van der Waals surface area contributed by atoms with Gasteiger partial charge in [-0.2, -0.15) is 0 Å². The number of rotatable bonds is 5. The molecule has 1 aromatic rings. The average molecular weight is 333 g/mol. The van der Waals surface area contributed by atoms with Crippen LogP contribution in [0.2, 0.25) is 0 Å². The molecule has 2 unspecified atom stereocenters. The molecule has 7 nitrogen and oxygen atoms in total. The molecular weight excluding hydrogens is 314 g/mol. The molecule has 0 spiro atoms. The lowest BCUT2D eigenvalue weighted by atomic mass is 10.1. The highest BCUT2D eigenvalue weighted by Crippen LogP contribution is 2.26. The van der Waals surface area contributed by atoms with Crippen LogP contribution in [0.4, 0.5) is 0 Å². The van der Waals surface area contributed by atoms with E-state index >= 15 is 0 Å². The molecule has 2 rings (SSSR count). The van der Waals surface area contributed by atoms with E-state index in [0.29, 0.717) is 6.54 Å². The fraction of sp³-hybridized carbons (Fsp3) is 0.500. The molecule has 1 saturated carbocycles. The van der Waals surface area contributed by atoms with Crippen LogP contribution in [0.3, 0.4) is 0 Å². The lowest BCUT2D eigenvalue weighted by Gasteiger charge is -2.19. The van der Waals surface area contributed by atoms with E-state index in [0.717, 1.165) is 25.3 Å². The van der Waals surface area contributed by atoms with Gasteiger partial charge in [-0.05, 0) is 43.5 Å². The second-order valence-corrected chi connectivity index (χ2v) is 8.45. The maximum absolute atomic E-state index is 12.3. The highest BCUT2D eigenvalue weighted by molar-refractivity contribution is 7.90. The Morgan fingerprint density at radius 1 is 1.14 bits per heavy atom. The maximum atomic E-state index is 12.3. The van der Waals surface area contributed by atoms with Gasteiger partial charge in [0, 0.05) is 6.04 Å². The van der Waals surface area contributed by atoms with E-state index in [-0.39, 0.29) is 21.8 Å². The fourth-order valence-electron chi connectivity index (χ4n) is 2.56. The first-order valence-electron chi connectivity index (χ1n) is 6.59. The van der Waals surface area contributed by atoms with Crippen LogP contribution in [-0.2, 0) is 20.0 Å². The van der Waals surface area contributed by atoms with E-state index in [4.69, 9.17) is 10.9 Å². The van der Waals surface area contributed by atoms with Crippen LogP contribution in [0.5, 0.6) is 0 Å². The molecule has 5 N–H and O–H groups in total. The van der Waals surface area contributed by atoms with Crippen molar-refractivity contribution in [2.75, 3.05) is 6.54 Å². The normalized spacial score (nSPS) is 23.3. The zero-order valence-electron chi connectivity index (χ0n) is 11.4. The van der Waals surface area contributed by atoms with Crippen LogP contribution in [-0.4, -0.2) is 29.4 Å². The van der Waals surface area contributed by atoms with Gasteiger partial charge in [0.25, 0.3) is 0 Å². The maximum Gasteiger partial charge on any atom is 0.240 e. The summed E-state index contributed by atoms with van der Waals surface area (Å²) in [5.74, 6) is 0.112. The predicted molar refractivity (Wildman–Crippen MR) is 78.3 cm³/mol. The number of hydrogen-bond acceptors (Lipinski definition) is 5. The van der Waals surface area contributed by atoms with Crippen molar-refractivity contribution >= 4 is 20.0 Å². The summed E-state index contributed by atoms with van der Waals surface area (Å²) < 4.78 is 49.9. The summed E-state index contributed by atoms with van der Waals surface area (Å²) in [6.07, 6.45) is 2.54. The molecule has 0 aliphatic heterocycles. The van der Waals surface area contributed by atoms with Gasteiger partial charge in [0.1, 0.15) is 0 Å². The Bertz CT molecular complexity index is 716. The first-order valence-corrected chi connectivity index (χ1v) is 9.62. The van der Waals surface area contributed by atoms with Gasteiger partial charge >= 0.3 is 0 Å². The van der Waals surface area contributed by atoms with Crippen LogP contribution in [0.1, 0.15) is 19.3 Å². The number of benzene rings is 1. The van der Waals surface area contributed by atoms with E-state index in [9.17, 15) is 16.8 Å². The largest absolute Gasteiger partial charge is 0.330 e. The molecule has 0 saturated heterocycles. The Kier molecular flexibility index (Phi) is 4.69. The first-order chi connectivity index (χ1) is 9.74. The minimum absolute atomic E-state index is 0.112. The third-order valence-electron chi connectivity index (χ3n) is 3.71. The second-order valence-electron chi connectivity index (χ2n) is 5.17. The summed E-state index contributed by atoms with van der Waals surface area (Å²) in [7, 11) is -7.74. The minimum atomic E-state index is -3.94. The highest BCUT2D eigenvalue weighted by atomic mass is 32.2. The Labute approximate surface area is 124 Å². The van der Waals surface area contributed by atoms with E-state index in [1.54, 1.807) is 0 Å². The monoisotopic (exact) mass is 333 g/mol. The van der Waals surface area contributed by atoms with Gasteiger partial charge in [0.05, 0.1) is 9.79 Å². The van der Waals surface area contributed by atoms with Crippen molar-refractivity contribution in [3.05, 3.63) is 24.3 Å². The average Bonchev–Trinajstić information content (AvgIpc) is 2.84. The van der Waals surface area contributed by atoms with Crippen LogP contribution in [0, 0.1) is 5.92 Å². The SMILES string of the molecule is NCC1CCCC1NS(=O)(=O)c1cccc(S(N)(=O)=O)c1. The van der Waals surface area contributed by atoms with Crippen molar-refractivity contribution in [3.8, 4) is 0 Å². The van der Waals surface area contributed by atoms with Crippen LogP contribution in [0.15, 0.2) is 34.1 Å². The molecule has 0 amide bonds. The second kappa shape index (κ2) is 6.01. The van der Waals surface area contributed by atoms with Crippen LogP contribution in [0.25, 0.3) is 0 Å². The van der Waals surface area contributed by atoms with Gasteiger partial charge in [-0.25, -0.2) is 26.7 Å². The molecule has 1 fully saturated rings. The predicted octanol–water partition coefficient (Wildman–Crippen LogP) is -0.260. The molecule has 2 atom stereocenters. The zero-order chi connectivity index (χ0) is 15.7. The van der Waals surface area contributed by atoms with Crippen LogP contribution >= 0.6 is 0 Å². The summed E-state index contributed by atoms with van der Waals surface area (Å²) in [6, 6.07) is 4.79. The third-order valence-corrected chi connectivity index (χ3v) is 6.11. The standard InChI is InChI=1S/C12H19N3O4S2/c13-8-9-3-1-6-12(9)15-21(18,19)11-5-2-4-10(7-11)20(14,16)17/h2,4-5,7,9,12,15H,1,3,6,8,13H2,(H2,14,16,17). The minimum Gasteiger partial charge on any atom is -0.330 e. The molecular formula is C12H19N3O4S2. The lowest BCUT2D eigenvalue weighted by molar-refractivity contribution is 0.453. The summed E-state index contributed by atoms with van der Waals surface area (Å²) >= 11 is 0. The fourth-order valence-corrected chi connectivity index (χ4v) is 4.58. The Morgan fingerprint density at radius 3 is 2.43 bits per heavy atom. The van der Waals surface area contributed by atoms with Crippen molar-refractivity contribution in [3.63, 3.8) is 0 Å². The topological polar surface area (TPSA) is 132 Å². The number of primary sulfonamides is 1. The van der Waals surface area contributed by atoms with Gasteiger partial charge < -0.3 is 5.73 Å². The Hall–Kier alpha value is -1.00. The summed E-state index contributed by atoms with van der Waals surface area (Å²) in [6.45, 7) is 0.421. The van der Waals surface area contributed by atoms with Gasteiger partial charge in [0.2, 0.25) is 20.0 Å². The third kappa shape index (κ3) is 3.80. The van der Waals surface area contributed by atoms with E-state index in [1.165, 1.54) is 18.2 Å². The summed E-state index contributed by atoms with van der Waals surface area (Å²) in [5.41, 5.74) is 5.63. The molecule has 9 heteroatoms. The van der Waals surface area contributed by atoms with Crippen molar-refractivity contribution in [2.24, 2.45) is 16.8 Å². The van der Waals surface area contributed by atoms with Crippen molar-refractivity contribution in [2.45, 2.75) is 35.1 Å². The molecule has 0 heterocycles. The highest BCUT2D eigenvalue weighted by Gasteiger charge is 2.30. The lowest BCUT2D eigenvalue weighted by Crippen LogP contribution is -2.39. The summed E-state index contributed by atoms with van der Waals surface area (Å²) in [5, 5.41) is 5.02. The molecule has 1 aliphatic carbocycles. The molecule has 0 radical (unpaired) electrons. The van der Waals surface area contributed by atoms with Crippen LogP contribution < -0.4 is 15.6 Å². The van der Waals surface area contributed by atoms with Crippen molar-refractivity contribution in [1.82, 2.24) is 4.72 Å². The Morgan fingerprint density at radius 2 is 1.81 bits per heavy atom. The molecule has 1 aromatic carbocycles. The van der Waals surface area contributed by atoms with Gasteiger partial charge in [-0.15, -0.1) is 0 Å². The molecule has 118 valence electrons. The molecule has 0 bridgehead atoms. The molecule has 1 aliphatic rings. The first kappa shape index (κ1) is 16.4.